The Labute approximate surface area is 198 Å². The first kappa shape index (κ1) is 23.5. The molecule has 0 bridgehead atoms. The first-order chi connectivity index (χ1) is 15.8. The van der Waals surface area contributed by atoms with E-state index < -0.39 is 10.0 Å². The molecule has 0 amide bonds. The molecule has 0 unspecified atom stereocenters. The maximum Gasteiger partial charge on any atom is 0.243 e. The highest BCUT2D eigenvalue weighted by atomic mass is 32.2. The Morgan fingerprint density at radius 3 is 2.30 bits per heavy atom. The van der Waals surface area contributed by atoms with Crippen LogP contribution in [0.3, 0.4) is 0 Å². The Balaban J connectivity index is 1.49. The molecule has 174 valence electrons. The lowest BCUT2D eigenvalue weighted by Gasteiger charge is -2.33. The van der Waals surface area contributed by atoms with Gasteiger partial charge in [0.15, 0.2) is 10.6 Å². The first-order valence-electron chi connectivity index (χ1n) is 10.6. The third kappa shape index (κ3) is 4.98. The van der Waals surface area contributed by atoms with Gasteiger partial charge in [0.25, 0.3) is 0 Å². The van der Waals surface area contributed by atoms with Crippen LogP contribution in [0.2, 0.25) is 0 Å². The molecular formula is C23H26FN5O2S2. The van der Waals surface area contributed by atoms with Crippen LogP contribution in [0.1, 0.15) is 5.56 Å². The zero-order valence-electron chi connectivity index (χ0n) is 18.4. The van der Waals surface area contributed by atoms with Crippen LogP contribution in [0.25, 0.3) is 11.4 Å². The van der Waals surface area contributed by atoms with E-state index in [-0.39, 0.29) is 5.82 Å². The van der Waals surface area contributed by atoms with Gasteiger partial charge in [-0.05, 0) is 55.5 Å². The molecule has 0 N–H and O–H groups in total. The van der Waals surface area contributed by atoms with Crippen LogP contribution in [-0.2, 0) is 23.2 Å². The highest BCUT2D eigenvalue weighted by Crippen LogP contribution is 2.21. The molecule has 1 saturated heterocycles. The molecule has 0 aliphatic carbocycles. The molecule has 0 saturated carbocycles. The normalized spacial score (nSPS) is 15.6. The molecule has 4 rings (SSSR count). The summed E-state index contributed by atoms with van der Waals surface area (Å²) >= 11 is 5.64. The zero-order chi connectivity index (χ0) is 23.6. The number of nitrogens with zero attached hydrogens (tertiary/aromatic N) is 5. The van der Waals surface area contributed by atoms with Crippen molar-refractivity contribution < 1.29 is 12.8 Å². The fraction of sp³-hybridized carbons (Fsp3) is 0.304. The highest BCUT2D eigenvalue weighted by molar-refractivity contribution is 7.89. The molecule has 33 heavy (non-hydrogen) atoms. The molecule has 1 aliphatic rings. The van der Waals surface area contributed by atoms with Crippen molar-refractivity contribution in [2.45, 2.75) is 25.0 Å². The number of aromatic nitrogens is 3. The van der Waals surface area contributed by atoms with Gasteiger partial charge in [0.05, 0.1) is 11.6 Å². The van der Waals surface area contributed by atoms with Crippen molar-refractivity contribution in [3.63, 3.8) is 0 Å². The molecule has 3 aromatic rings. The van der Waals surface area contributed by atoms with E-state index in [1.165, 1.54) is 16.4 Å². The van der Waals surface area contributed by atoms with Gasteiger partial charge in [-0.15, -0.1) is 6.58 Å². The summed E-state index contributed by atoms with van der Waals surface area (Å²) in [6, 6.07) is 13.0. The maximum absolute atomic E-state index is 13.4. The van der Waals surface area contributed by atoms with E-state index in [9.17, 15) is 12.8 Å². The van der Waals surface area contributed by atoms with Crippen molar-refractivity contribution >= 4 is 22.2 Å². The monoisotopic (exact) mass is 487 g/mol. The number of hydrogen-bond acceptors (Lipinski definition) is 5. The van der Waals surface area contributed by atoms with E-state index in [1.54, 1.807) is 35.0 Å². The van der Waals surface area contributed by atoms with Gasteiger partial charge in [-0.1, -0.05) is 23.8 Å². The van der Waals surface area contributed by atoms with Gasteiger partial charge in [0.2, 0.25) is 10.0 Å². The number of halogens is 1. The van der Waals surface area contributed by atoms with Crippen molar-refractivity contribution in [3.8, 4) is 11.4 Å². The summed E-state index contributed by atoms with van der Waals surface area (Å²) in [6.45, 7) is 8.55. The molecule has 7 nitrogen and oxygen atoms in total. The smallest absolute Gasteiger partial charge is 0.243 e. The van der Waals surface area contributed by atoms with Crippen LogP contribution in [0.4, 0.5) is 4.39 Å². The van der Waals surface area contributed by atoms with Crippen molar-refractivity contribution in [2.75, 3.05) is 26.2 Å². The van der Waals surface area contributed by atoms with Crippen LogP contribution in [0.5, 0.6) is 0 Å². The van der Waals surface area contributed by atoms with E-state index in [0.717, 1.165) is 11.1 Å². The zero-order valence-corrected chi connectivity index (χ0v) is 20.0. The van der Waals surface area contributed by atoms with Crippen LogP contribution < -0.4 is 0 Å². The molecule has 0 atom stereocenters. The van der Waals surface area contributed by atoms with Crippen molar-refractivity contribution in [3.05, 3.63) is 77.3 Å². The van der Waals surface area contributed by atoms with E-state index in [4.69, 9.17) is 12.2 Å². The van der Waals surface area contributed by atoms with Crippen LogP contribution in [-0.4, -0.2) is 58.1 Å². The van der Waals surface area contributed by atoms with E-state index in [1.807, 2.05) is 23.6 Å². The Kier molecular flexibility index (Phi) is 6.89. The average molecular weight is 488 g/mol. The number of aryl methyl sites for hydroxylation is 1. The van der Waals surface area contributed by atoms with Crippen LogP contribution in [0, 0.1) is 17.5 Å². The molecule has 1 aliphatic heterocycles. The van der Waals surface area contributed by atoms with Gasteiger partial charge in [0, 0.05) is 38.3 Å². The van der Waals surface area contributed by atoms with E-state index in [0.29, 0.717) is 54.9 Å². The third-order valence-electron chi connectivity index (χ3n) is 5.66. The lowest BCUT2D eigenvalue weighted by Crippen LogP contribution is -2.48. The number of sulfonamides is 1. The molecular weight excluding hydrogens is 461 g/mol. The third-order valence-corrected chi connectivity index (χ3v) is 8.00. The fourth-order valence-electron chi connectivity index (χ4n) is 3.80. The summed E-state index contributed by atoms with van der Waals surface area (Å²) in [7, 11) is -3.51. The lowest BCUT2D eigenvalue weighted by atomic mass is 10.2. The standard InChI is InChI=1S/C23H26FN5O2S2/c1-3-12-28-22(19-6-8-20(24)9-7-19)25-29(23(28)32)17-26-13-15-27(16-14-26)33(30,31)21-10-4-18(2)5-11-21/h3-11H,1,12-17H2,2H3. The molecule has 2 aromatic carbocycles. The van der Waals surface area contributed by atoms with Gasteiger partial charge in [0.1, 0.15) is 5.82 Å². The SMILES string of the molecule is C=CCn1c(-c2ccc(F)cc2)nn(CN2CCN(S(=O)(=O)c3ccc(C)cc3)CC2)c1=S. The van der Waals surface area contributed by atoms with Gasteiger partial charge < -0.3 is 0 Å². The molecule has 1 aromatic heterocycles. The minimum absolute atomic E-state index is 0.314. The quantitative estimate of drug-likeness (QED) is 0.376. The molecule has 2 heterocycles. The van der Waals surface area contributed by atoms with Crippen LogP contribution in [0.15, 0.2) is 66.1 Å². The molecule has 0 radical (unpaired) electrons. The van der Waals surface area contributed by atoms with Crippen LogP contribution >= 0.6 is 12.2 Å². The average Bonchev–Trinajstić information content (AvgIpc) is 3.10. The summed E-state index contributed by atoms with van der Waals surface area (Å²) in [4.78, 5) is 2.44. The van der Waals surface area contributed by atoms with Gasteiger partial charge >= 0.3 is 0 Å². The number of piperazine rings is 1. The van der Waals surface area contributed by atoms with E-state index >= 15 is 0 Å². The fourth-order valence-corrected chi connectivity index (χ4v) is 5.48. The minimum Gasteiger partial charge on any atom is -0.296 e. The summed E-state index contributed by atoms with van der Waals surface area (Å²) < 4.78 is 44.9. The summed E-state index contributed by atoms with van der Waals surface area (Å²) in [5, 5.41) is 4.68. The van der Waals surface area contributed by atoms with Gasteiger partial charge in [-0.25, -0.2) is 17.5 Å². The first-order valence-corrected chi connectivity index (χ1v) is 12.5. The topological polar surface area (TPSA) is 63.4 Å². The second-order valence-electron chi connectivity index (χ2n) is 7.99. The number of allylic oxidation sites excluding steroid dienone is 1. The second-order valence-corrected chi connectivity index (χ2v) is 10.3. The minimum atomic E-state index is -3.51. The number of hydrogen-bond donors (Lipinski definition) is 0. The van der Waals surface area contributed by atoms with Gasteiger partial charge in [-0.3, -0.25) is 9.47 Å². The number of benzene rings is 2. The Bertz CT molecular complexity index is 1290. The maximum atomic E-state index is 13.4. The van der Waals surface area contributed by atoms with Crippen molar-refractivity contribution in [2.24, 2.45) is 0 Å². The largest absolute Gasteiger partial charge is 0.296 e. The highest BCUT2D eigenvalue weighted by Gasteiger charge is 2.28. The lowest BCUT2D eigenvalue weighted by molar-refractivity contribution is 0.144. The molecule has 0 spiro atoms. The molecule has 1 fully saturated rings. The number of rotatable bonds is 7. The summed E-state index contributed by atoms with van der Waals surface area (Å²) in [5.41, 5.74) is 1.78. The summed E-state index contributed by atoms with van der Waals surface area (Å²) in [6.07, 6.45) is 1.74. The van der Waals surface area contributed by atoms with E-state index in [2.05, 4.69) is 16.6 Å². The van der Waals surface area contributed by atoms with Crippen molar-refractivity contribution in [1.82, 2.24) is 23.6 Å². The Morgan fingerprint density at radius 2 is 1.70 bits per heavy atom. The Morgan fingerprint density at radius 1 is 1.06 bits per heavy atom. The Hall–Kier alpha value is -2.66. The predicted octanol–water partition coefficient (Wildman–Crippen LogP) is 3.68. The second kappa shape index (κ2) is 9.68. The predicted molar refractivity (Wildman–Crippen MR) is 128 cm³/mol. The molecule has 10 heteroatoms. The van der Waals surface area contributed by atoms with Gasteiger partial charge in [-0.2, -0.15) is 9.40 Å². The summed E-state index contributed by atoms with van der Waals surface area (Å²) in [5.74, 6) is 0.325. The van der Waals surface area contributed by atoms with Crippen molar-refractivity contribution in [1.29, 1.82) is 0 Å².